The van der Waals surface area contributed by atoms with Crippen LogP contribution in [0.3, 0.4) is 0 Å². The number of carbonyl (C=O) groups excluding carboxylic acids is 8. The van der Waals surface area contributed by atoms with Crippen molar-refractivity contribution in [2.24, 2.45) is 76.7 Å². The Bertz CT molecular complexity index is 3450. The van der Waals surface area contributed by atoms with Crippen LogP contribution in [0.5, 0.6) is 17.2 Å². The molecule has 15 rings (SSSR count). The number of unbranched alkanes of at least 4 members (excludes halogenated alkanes) is 2. The Balaban J connectivity index is 0.976. The number of benzene rings is 1. The summed E-state index contributed by atoms with van der Waals surface area (Å²) in [6.07, 6.45) is -12.9. The van der Waals surface area contributed by atoms with E-state index in [1.165, 1.54) is 19.2 Å². The summed E-state index contributed by atoms with van der Waals surface area (Å²) in [6, 6.07) is -9.95. The normalized spacial score (nSPS) is 40.9. The van der Waals surface area contributed by atoms with Gasteiger partial charge in [0.1, 0.15) is 72.9 Å². The maximum absolute atomic E-state index is 16.4. The van der Waals surface area contributed by atoms with Crippen LogP contribution in [0, 0.1) is 71.0 Å². The van der Waals surface area contributed by atoms with Crippen molar-refractivity contribution in [3.63, 3.8) is 0 Å². The van der Waals surface area contributed by atoms with E-state index in [1.54, 1.807) is 0 Å². The van der Waals surface area contributed by atoms with Gasteiger partial charge in [-0.2, -0.15) is 0 Å². The number of alkyl halides is 2. The third-order valence-electron chi connectivity index (χ3n) is 26.6. The standard InChI is InChI=1S/C78H121Cl2N11O22/c1-33(2)18-47(83-4)71(102)90-62-64(96)37-9-12-51(45(79)25-37)110-53-27-41-28-54(70(53)113-78-69(101)68(100)67(99)55(32-92)112-78)111-52-13-10-38(26-46(52)80)65(97)63-77(108)89-61(75(106)86-58-39-20-34-19-35(22-39)23-40(58)21-34)43-29-50(94)44(31-84-15-17-109-16-7-5-6-14-82-3)66(98)57(43)42-24-36(8-11-49(42)93)59(73(104)91-63)88-74(105)60(41)87-72(103)48(30-56(81)95)85-76(62)107/h27-28,33-40,42-52,55,57-69,78,82-84,92-94,96-101H,5-26,29-32H2,1-4H3,(H2,81,95)(H,85,107)(H,86,106)(H,87,103)(H,88,105)(H,89,108)(H,90,102)(H,91,104)/t34?,35?,36-,37-,38-,39?,40?,42?,43?,44?,45+,46-,47+,48-,49+,50-,51+,52+,55+,57?,58?,59+,60+,61-,62+,63-,64+,65+,66-,67+,68-,69+,78-/m0/s1. The smallest absolute Gasteiger partial charge is 0.247 e. The van der Waals surface area contributed by atoms with Crippen molar-refractivity contribution in [2.45, 2.75) is 275 Å². The second kappa shape index (κ2) is 38.4. The highest BCUT2D eigenvalue weighted by Crippen LogP contribution is 2.55. The number of ether oxygens (including phenoxy) is 5. The zero-order valence-electron chi connectivity index (χ0n) is 64.8. The van der Waals surface area contributed by atoms with E-state index in [9.17, 15) is 55.5 Å². The van der Waals surface area contributed by atoms with Gasteiger partial charge in [0.05, 0.1) is 67.0 Å². The number of fused-ring (bicyclic) bond motifs is 15. The first kappa shape index (κ1) is 86.7. The Morgan fingerprint density at radius 3 is 1.87 bits per heavy atom. The van der Waals surface area contributed by atoms with E-state index < -0.39 is 234 Å². The van der Waals surface area contributed by atoms with Gasteiger partial charge in [-0.15, -0.1) is 23.2 Å². The van der Waals surface area contributed by atoms with Crippen LogP contribution < -0.4 is 73.1 Å². The molecule has 4 unspecified atom stereocenters. The van der Waals surface area contributed by atoms with Crippen LogP contribution in [-0.4, -0.2) is 273 Å². The molecule has 15 bridgehead atoms. The fourth-order valence-corrected chi connectivity index (χ4v) is 21.7. The molecule has 0 aromatic heterocycles. The summed E-state index contributed by atoms with van der Waals surface area (Å²) in [5, 5.41) is 135. The minimum Gasteiger partial charge on any atom is -0.485 e. The Kier molecular flexibility index (Phi) is 29.5. The second-order valence-electron chi connectivity index (χ2n) is 34.7. The molecule has 35 heteroatoms. The summed E-state index contributed by atoms with van der Waals surface area (Å²) in [5.41, 5.74) is 5.62. The molecule has 33 nitrogen and oxygen atoms in total. The van der Waals surface area contributed by atoms with Crippen LogP contribution >= 0.6 is 23.2 Å². The molecule has 1 aromatic carbocycles. The van der Waals surface area contributed by atoms with Crippen molar-refractivity contribution in [1.29, 1.82) is 0 Å². The number of carbonyl (C=O) groups is 8. The van der Waals surface area contributed by atoms with Gasteiger partial charge in [-0.05, 0) is 225 Å². The Hall–Kier alpha value is -5.60. The number of hydrogen-bond acceptors (Lipinski definition) is 25. The quantitative estimate of drug-likeness (QED) is 0.0405. The topological polar surface area (TPSA) is 511 Å². The average Bonchev–Trinajstić information content (AvgIpc) is 0.753. The summed E-state index contributed by atoms with van der Waals surface area (Å²) in [5.74, 6) is -15.1. The number of amides is 8. The molecule has 6 aliphatic heterocycles. The zero-order valence-corrected chi connectivity index (χ0v) is 66.3. The second-order valence-corrected chi connectivity index (χ2v) is 35.8. The molecule has 0 radical (unpaired) electrons. The van der Waals surface area contributed by atoms with E-state index in [-0.39, 0.29) is 118 Å². The highest BCUT2D eigenvalue weighted by Gasteiger charge is 2.58. The molecule has 2 saturated heterocycles. The lowest BCUT2D eigenvalue weighted by molar-refractivity contribution is -0.278. The molecule has 0 spiro atoms. The number of rotatable bonds is 23. The molecular formula is C78H121Cl2N11O22. The monoisotopic (exact) mass is 1630 g/mol. The molecule has 8 saturated carbocycles. The van der Waals surface area contributed by atoms with Gasteiger partial charge in [-0.25, -0.2) is 0 Å². The van der Waals surface area contributed by atoms with Gasteiger partial charge in [-0.3, -0.25) is 38.4 Å². The highest BCUT2D eigenvalue weighted by atomic mass is 35.5. The predicted octanol–water partition coefficient (Wildman–Crippen LogP) is -2.28. The first-order valence-corrected chi connectivity index (χ1v) is 42.1. The summed E-state index contributed by atoms with van der Waals surface area (Å²) >= 11 is 14.8. The third-order valence-corrected chi connectivity index (χ3v) is 27.6. The van der Waals surface area contributed by atoms with E-state index in [1.807, 2.05) is 20.9 Å². The summed E-state index contributed by atoms with van der Waals surface area (Å²) in [7, 11) is 3.44. The molecule has 10 fully saturated rings. The fraction of sp³-hybridized carbons (Fsp3) is 0.821. The van der Waals surface area contributed by atoms with Crippen LogP contribution in [0.15, 0.2) is 12.1 Å². The molecule has 1 aromatic rings. The van der Waals surface area contributed by atoms with E-state index >= 15 is 28.8 Å². The van der Waals surface area contributed by atoms with Crippen molar-refractivity contribution >= 4 is 70.5 Å². The van der Waals surface area contributed by atoms with Crippen LogP contribution in [-0.2, 0) is 47.8 Å². The lowest BCUT2D eigenvalue weighted by Gasteiger charge is -2.55. The largest absolute Gasteiger partial charge is 0.485 e. The van der Waals surface area contributed by atoms with Gasteiger partial charge in [0.2, 0.25) is 59.3 Å². The number of halogens is 2. The van der Waals surface area contributed by atoms with Crippen molar-refractivity contribution < 1.29 is 108 Å². The fourth-order valence-electron chi connectivity index (χ4n) is 20.8. The summed E-state index contributed by atoms with van der Waals surface area (Å²) in [6.45, 7) is 4.99. The molecule has 8 amide bonds. The van der Waals surface area contributed by atoms with Crippen LogP contribution in [0.2, 0.25) is 0 Å². The number of nitrogens with one attached hydrogen (secondary N) is 10. The number of likely N-dealkylation sites (N-methyl/N-ethyl adjacent to an activating group) is 1. The summed E-state index contributed by atoms with van der Waals surface area (Å²) in [4.78, 5) is 123. The first-order chi connectivity index (χ1) is 54.0. The third kappa shape index (κ3) is 19.9. The lowest BCUT2D eigenvalue weighted by atomic mass is 9.54. The van der Waals surface area contributed by atoms with E-state index in [0.717, 1.165) is 57.9 Å². The zero-order chi connectivity index (χ0) is 81.0. The van der Waals surface area contributed by atoms with Crippen LogP contribution in [0.4, 0.5) is 0 Å². The number of hydrogen-bond donors (Lipinski definition) is 20. The number of nitrogens with two attached hydrogens (primary N) is 1. The molecule has 21 N–H and O–H groups in total. The van der Waals surface area contributed by atoms with Crippen LogP contribution in [0.25, 0.3) is 0 Å². The van der Waals surface area contributed by atoms with E-state index in [2.05, 4.69) is 53.2 Å². The van der Waals surface area contributed by atoms with Gasteiger partial charge in [0.15, 0.2) is 11.5 Å². The Morgan fingerprint density at radius 2 is 1.25 bits per heavy atom. The van der Waals surface area contributed by atoms with Crippen LogP contribution in [0.1, 0.15) is 154 Å². The van der Waals surface area contributed by atoms with E-state index in [4.69, 9.17) is 52.6 Å². The van der Waals surface area contributed by atoms with Crippen molar-refractivity contribution in [3.05, 3.63) is 17.7 Å². The van der Waals surface area contributed by atoms with Crippen molar-refractivity contribution in [2.75, 3.05) is 53.6 Å². The number of aliphatic hydroxyl groups is 9. The summed E-state index contributed by atoms with van der Waals surface area (Å²) < 4.78 is 32.2. The maximum Gasteiger partial charge on any atom is 0.247 e. The molecule has 6 heterocycles. The molecule has 14 aliphatic rings. The van der Waals surface area contributed by atoms with Crippen molar-refractivity contribution in [3.8, 4) is 17.2 Å². The van der Waals surface area contributed by atoms with Gasteiger partial charge >= 0.3 is 0 Å². The van der Waals surface area contributed by atoms with Gasteiger partial charge in [0, 0.05) is 31.7 Å². The van der Waals surface area contributed by atoms with E-state index in [0.29, 0.717) is 31.6 Å². The Morgan fingerprint density at radius 1 is 0.611 bits per heavy atom. The Labute approximate surface area is 668 Å². The lowest BCUT2D eigenvalue weighted by Crippen LogP contribution is -2.68. The average molecular weight is 1640 g/mol. The van der Waals surface area contributed by atoms with Gasteiger partial charge < -0.3 is 129 Å². The van der Waals surface area contributed by atoms with Gasteiger partial charge in [-0.1, -0.05) is 13.8 Å². The molecule has 8 aliphatic carbocycles. The number of aliphatic hydroxyl groups excluding tert-OH is 9. The molecule has 634 valence electrons. The minimum absolute atomic E-state index is 0.00147. The van der Waals surface area contributed by atoms with Gasteiger partial charge in [0.25, 0.3) is 0 Å². The molecule has 113 heavy (non-hydrogen) atoms. The van der Waals surface area contributed by atoms with Crippen molar-refractivity contribution in [1.82, 2.24) is 53.2 Å². The number of primary amides is 1. The molecule has 28 atom stereocenters. The minimum atomic E-state index is -2.13. The maximum atomic E-state index is 16.4. The first-order valence-electron chi connectivity index (χ1n) is 41.2. The SMILES string of the molecule is CNCCCCCOCCNCC1[C@H](O)C2C3C[C@H](CC[C@H]3O)[C@H]3NC(=O)[C@@H]4NC(=O)[C@H](CC(N)=O)NC(=O)[C@H](NC(=O)[C@@H](CC(C)C)NC)[C@H](O)[C@H]5CC[C@@H](Oc6cc4cc(c6O[C@@H]4O[C@H](CO)[C@@H](O)[C@H](O)[C@H]4O)O[C@@H]4CC[C@@H](C[C@@H]4Cl)[C@@H](O)[C@H](NC3=O)C(=O)N[C@H](C(=O)NC3C4CC6CC(C4)CC3C6)C2C[C@@H]1O)[C@H](Cl)C5. The molecular weight excluding hydrogens is 1510 g/mol. The highest BCUT2D eigenvalue weighted by molar-refractivity contribution is 6.21. The predicted molar refractivity (Wildman–Crippen MR) is 407 cm³/mol.